The molecule has 12 atom stereocenters. The van der Waals surface area contributed by atoms with Gasteiger partial charge in [-0.25, -0.2) is 0 Å². The van der Waals surface area contributed by atoms with Crippen molar-refractivity contribution in [2.45, 2.75) is 134 Å². The number of allylic oxidation sites excluding steroid dienone is 12. The first-order valence-electron chi connectivity index (χ1n) is 22.6. The lowest BCUT2D eigenvalue weighted by molar-refractivity contribution is 0.0927. The third-order valence-electron chi connectivity index (χ3n) is 17.3. The lowest BCUT2D eigenvalue weighted by Gasteiger charge is -2.49. The molecule has 1 heterocycles. The quantitative estimate of drug-likeness (QED) is 0.281. The SMILES string of the molecule is CC1(C)C2=CCCC(N(C3=CC=C4OC5C(C6(c7ccccc7)C7CCCC=C7C7CCC=CC76)=CCCC5C4C3)C3C=CC=CC3)C2C2CCCCC21. The predicted octanol–water partition coefficient (Wildman–Crippen LogP) is 12.5. The monoisotopic (exact) mass is 717 g/mol. The molecule has 1 saturated heterocycles. The van der Waals surface area contributed by atoms with E-state index in [1.807, 2.05) is 5.57 Å². The molecule has 9 aliphatic carbocycles. The van der Waals surface area contributed by atoms with Crippen molar-refractivity contribution in [1.82, 2.24) is 4.90 Å². The van der Waals surface area contributed by atoms with E-state index in [4.69, 9.17) is 4.74 Å². The normalized spacial score (nSPS) is 42.4. The lowest BCUT2D eigenvalue weighted by Crippen LogP contribution is -2.49. The minimum absolute atomic E-state index is 0.00927. The zero-order valence-corrected chi connectivity index (χ0v) is 33.1. The first-order valence-corrected chi connectivity index (χ1v) is 22.6. The third-order valence-corrected chi connectivity index (χ3v) is 17.3. The van der Waals surface area contributed by atoms with E-state index < -0.39 is 0 Å². The Balaban J connectivity index is 0.954. The summed E-state index contributed by atoms with van der Waals surface area (Å²) in [7, 11) is 0. The first kappa shape index (κ1) is 34.0. The van der Waals surface area contributed by atoms with Gasteiger partial charge in [-0.1, -0.05) is 123 Å². The Morgan fingerprint density at radius 3 is 2.48 bits per heavy atom. The lowest BCUT2D eigenvalue weighted by atomic mass is 9.56. The second kappa shape index (κ2) is 13.2. The summed E-state index contributed by atoms with van der Waals surface area (Å²) in [4.78, 5) is 3.02. The van der Waals surface area contributed by atoms with Crippen molar-refractivity contribution in [1.29, 1.82) is 0 Å². The smallest absolute Gasteiger partial charge is 0.124 e. The summed E-state index contributed by atoms with van der Waals surface area (Å²) in [5.74, 6) is 6.47. The van der Waals surface area contributed by atoms with Gasteiger partial charge in [0.1, 0.15) is 11.9 Å². The first-order chi connectivity index (χ1) is 26.6. The van der Waals surface area contributed by atoms with Gasteiger partial charge in [-0.15, -0.1) is 0 Å². The molecule has 1 aromatic rings. The van der Waals surface area contributed by atoms with Crippen LogP contribution in [0.5, 0.6) is 0 Å². The van der Waals surface area contributed by atoms with Crippen molar-refractivity contribution < 1.29 is 4.74 Å². The number of fused-ring (bicyclic) bond motifs is 9. The third kappa shape index (κ3) is 4.89. The fraction of sp³-hybridized carbons (Fsp3) is 0.577. The molecule has 2 nitrogen and oxygen atoms in total. The summed E-state index contributed by atoms with van der Waals surface area (Å²) in [6, 6.07) is 12.9. The van der Waals surface area contributed by atoms with Crippen LogP contribution in [-0.2, 0) is 10.2 Å². The van der Waals surface area contributed by atoms with E-state index in [2.05, 4.69) is 116 Å². The van der Waals surface area contributed by atoms with Crippen molar-refractivity contribution in [3.8, 4) is 0 Å². The topological polar surface area (TPSA) is 12.5 Å². The fourth-order valence-corrected chi connectivity index (χ4v) is 15.4. The molecule has 1 aromatic carbocycles. The molecule has 3 saturated carbocycles. The van der Waals surface area contributed by atoms with E-state index in [-0.39, 0.29) is 11.5 Å². The van der Waals surface area contributed by atoms with Crippen molar-refractivity contribution in [3.05, 3.63) is 131 Å². The molecule has 1 aliphatic heterocycles. The van der Waals surface area contributed by atoms with Gasteiger partial charge < -0.3 is 9.64 Å². The van der Waals surface area contributed by atoms with Crippen LogP contribution in [0.15, 0.2) is 125 Å². The summed E-state index contributed by atoms with van der Waals surface area (Å²) >= 11 is 0. The molecule has 0 radical (unpaired) electrons. The highest BCUT2D eigenvalue weighted by Gasteiger charge is 2.63. The van der Waals surface area contributed by atoms with E-state index in [0.717, 1.165) is 24.7 Å². The average Bonchev–Trinajstić information content (AvgIpc) is 3.83. The number of hydrogen-bond donors (Lipinski definition) is 0. The summed E-state index contributed by atoms with van der Waals surface area (Å²) < 4.78 is 7.44. The number of ether oxygens (including phenoxy) is 1. The zero-order chi connectivity index (χ0) is 36.0. The van der Waals surface area contributed by atoms with Gasteiger partial charge in [0.15, 0.2) is 0 Å². The van der Waals surface area contributed by atoms with Gasteiger partial charge in [-0.3, -0.25) is 0 Å². The van der Waals surface area contributed by atoms with Crippen LogP contribution in [0.2, 0.25) is 0 Å². The van der Waals surface area contributed by atoms with E-state index in [1.54, 1.807) is 22.4 Å². The van der Waals surface area contributed by atoms with E-state index in [9.17, 15) is 0 Å². The van der Waals surface area contributed by atoms with Crippen LogP contribution in [-0.4, -0.2) is 23.1 Å². The largest absolute Gasteiger partial charge is 0.490 e. The Morgan fingerprint density at radius 2 is 1.59 bits per heavy atom. The molecule has 4 fully saturated rings. The molecular formula is C52H63NO. The maximum absolute atomic E-state index is 7.44. The molecular weight excluding hydrogens is 655 g/mol. The van der Waals surface area contributed by atoms with Crippen LogP contribution < -0.4 is 0 Å². The molecule has 0 N–H and O–H groups in total. The van der Waals surface area contributed by atoms with Crippen LogP contribution in [0.4, 0.5) is 0 Å². The molecule has 2 heteroatoms. The van der Waals surface area contributed by atoms with Crippen LogP contribution >= 0.6 is 0 Å². The summed E-state index contributed by atoms with van der Waals surface area (Å²) in [5, 5.41) is 0. The Morgan fingerprint density at radius 1 is 0.722 bits per heavy atom. The Kier molecular flexibility index (Phi) is 8.30. The molecule has 11 rings (SSSR count). The van der Waals surface area contributed by atoms with Gasteiger partial charge in [0, 0.05) is 34.9 Å². The minimum Gasteiger partial charge on any atom is -0.490 e. The van der Waals surface area contributed by atoms with E-state index in [0.29, 0.717) is 53.0 Å². The fourth-order valence-electron chi connectivity index (χ4n) is 15.4. The van der Waals surface area contributed by atoms with Crippen LogP contribution in [0.3, 0.4) is 0 Å². The van der Waals surface area contributed by atoms with Gasteiger partial charge in [-0.2, -0.15) is 0 Å². The molecule has 10 aliphatic rings. The second-order valence-corrected chi connectivity index (χ2v) is 19.7. The highest BCUT2D eigenvalue weighted by Crippen LogP contribution is 2.67. The zero-order valence-electron chi connectivity index (χ0n) is 33.1. The highest BCUT2D eigenvalue weighted by atomic mass is 16.5. The highest BCUT2D eigenvalue weighted by molar-refractivity contribution is 5.53. The standard InChI is InChI=1S/C52H63NO/c1-51(2)42-25-12-11-23-40(42)49-45(51)28-16-30-47(49)53(35-19-7-4-8-20-35)36-31-32-48-41(33-36)39-24-15-29-46(50(39)54-48)52(34-17-5-3-6-18-34)43-26-13-9-21-37(43)38-22-10-14-27-44(38)52/h3-8,13,17-19,22,26,28-29,31-32,35,37,39-44,47,49-50H,9-12,14-16,20-21,23-25,27,30,33H2,1-2H3. The van der Waals surface area contributed by atoms with E-state index >= 15 is 0 Å². The van der Waals surface area contributed by atoms with Gasteiger partial charge in [0.2, 0.25) is 0 Å². The summed E-state index contributed by atoms with van der Waals surface area (Å²) in [5.41, 5.74) is 8.74. The summed E-state index contributed by atoms with van der Waals surface area (Å²) in [6.07, 6.45) is 47.4. The van der Waals surface area contributed by atoms with Crippen molar-refractivity contribution in [2.24, 2.45) is 52.8 Å². The van der Waals surface area contributed by atoms with Crippen LogP contribution in [0.1, 0.15) is 116 Å². The van der Waals surface area contributed by atoms with Gasteiger partial charge >= 0.3 is 0 Å². The Bertz CT molecular complexity index is 1900. The summed E-state index contributed by atoms with van der Waals surface area (Å²) in [6.45, 7) is 5.22. The van der Waals surface area contributed by atoms with E-state index in [1.165, 1.54) is 89.2 Å². The molecule has 12 unspecified atom stereocenters. The Labute approximate surface area is 326 Å². The molecule has 54 heavy (non-hydrogen) atoms. The molecule has 0 spiro atoms. The van der Waals surface area contributed by atoms with Crippen LogP contribution in [0, 0.1) is 52.8 Å². The number of nitrogens with zero attached hydrogens (tertiary/aromatic N) is 1. The maximum Gasteiger partial charge on any atom is 0.124 e. The average molecular weight is 718 g/mol. The van der Waals surface area contributed by atoms with Gasteiger partial charge in [0.25, 0.3) is 0 Å². The number of benzene rings is 1. The molecule has 282 valence electrons. The molecule has 0 amide bonds. The van der Waals surface area contributed by atoms with Crippen molar-refractivity contribution >= 4 is 0 Å². The number of rotatable bonds is 5. The minimum atomic E-state index is -0.00927. The second-order valence-electron chi connectivity index (χ2n) is 19.7. The van der Waals surface area contributed by atoms with Crippen molar-refractivity contribution in [3.63, 3.8) is 0 Å². The maximum atomic E-state index is 7.44. The van der Waals surface area contributed by atoms with Crippen LogP contribution in [0.25, 0.3) is 0 Å². The number of hydrogen-bond acceptors (Lipinski definition) is 2. The molecule has 0 bridgehead atoms. The Hall–Kier alpha value is -3.26. The molecule has 0 aromatic heterocycles. The van der Waals surface area contributed by atoms with Gasteiger partial charge in [-0.05, 0) is 142 Å². The van der Waals surface area contributed by atoms with Crippen molar-refractivity contribution in [2.75, 3.05) is 0 Å². The van der Waals surface area contributed by atoms with Gasteiger partial charge in [0.05, 0.1) is 6.04 Å². The predicted molar refractivity (Wildman–Crippen MR) is 221 cm³/mol.